The Morgan fingerprint density at radius 2 is 1.81 bits per heavy atom. The Labute approximate surface area is 190 Å². The molecule has 0 spiro atoms. The summed E-state index contributed by atoms with van der Waals surface area (Å²) in [7, 11) is -0.691. The van der Waals surface area contributed by atoms with E-state index >= 15 is 0 Å². The number of methoxy groups -OCH3 is 2. The molecule has 4 fully saturated rings. The number of hydroxylamine groups is 2. The smallest absolute Gasteiger partial charge is 0.314 e. The third-order valence-corrected chi connectivity index (χ3v) is 8.41. The largest absolute Gasteiger partial charge is 0.469 e. The zero-order chi connectivity index (χ0) is 23.8. The van der Waals surface area contributed by atoms with Gasteiger partial charge in [-0.1, -0.05) is 19.8 Å². The second-order valence-corrected chi connectivity index (χ2v) is 11.2. The molecule has 2 bridgehead atoms. The molecule has 4 aliphatic rings. The summed E-state index contributed by atoms with van der Waals surface area (Å²) in [5, 5.41) is 0.457. The van der Waals surface area contributed by atoms with Crippen molar-refractivity contribution in [2.24, 2.45) is 35.0 Å². The van der Waals surface area contributed by atoms with E-state index in [1.165, 1.54) is 13.5 Å². The van der Waals surface area contributed by atoms with Crippen LogP contribution in [0.25, 0.3) is 0 Å². The van der Waals surface area contributed by atoms with Crippen LogP contribution in [-0.2, 0) is 38.3 Å². The maximum absolute atomic E-state index is 12.1. The first-order chi connectivity index (χ1) is 15.0. The Kier molecular flexibility index (Phi) is 7.36. The van der Waals surface area contributed by atoms with E-state index in [9.17, 15) is 22.8 Å². The second kappa shape index (κ2) is 9.38. The number of rotatable bonds is 5. The van der Waals surface area contributed by atoms with Crippen molar-refractivity contribution in [2.45, 2.75) is 64.9 Å². The first-order valence-corrected chi connectivity index (χ1v) is 13.2. The molecule has 1 heterocycles. The van der Waals surface area contributed by atoms with Crippen LogP contribution in [0.5, 0.6) is 0 Å². The number of imide groups is 1. The van der Waals surface area contributed by atoms with Gasteiger partial charge in [0.25, 0.3) is 21.9 Å². The first kappa shape index (κ1) is 25.1. The molecule has 10 heteroatoms. The van der Waals surface area contributed by atoms with Gasteiger partial charge in [-0.15, -0.1) is 9.35 Å². The molecule has 0 aromatic rings. The lowest BCUT2D eigenvalue weighted by Gasteiger charge is -2.37. The van der Waals surface area contributed by atoms with E-state index in [0.717, 1.165) is 38.4 Å². The molecule has 32 heavy (non-hydrogen) atoms. The van der Waals surface area contributed by atoms with Crippen LogP contribution in [0.2, 0.25) is 0 Å². The summed E-state index contributed by atoms with van der Waals surface area (Å²) in [4.78, 5) is 35.9. The third kappa shape index (κ3) is 4.33. The highest BCUT2D eigenvalue weighted by Crippen LogP contribution is 2.57. The Morgan fingerprint density at radius 1 is 1.12 bits per heavy atom. The molecular formula is C22H35NO8S. The predicted octanol–water partition coefficient (Wildman–Crippen LogP) is 2.30. The summed E-state index contributed by atoms with van der Waals surface area (Å²) < 4.78 is 37.0. The minimum atomic E-state index is -3.86. The zero-order valence-corrected chi connectivity index (χ0v) is 20.4. The standard InChI is InChI=1S/C11H17NO5S.C11H18O3/c1-3-7-5-4-6-8-9(7)11(14)12(10(8)13)17-18(2,15)16;1-11(10(12)14-3)8-5-4-7(6-8)9(11)13-2/h7-9H,3-6H2,1-2H3;7-9H,4-6H2,1-3H3. The molecule has 0 N–H and O–H groups in total. The molecule has 2 amide bonds. The average molecular weight is 474 g/mol. The average Bonchev–Trinajstić information content (AvgIpc) is 3.41. The molecule has 9 nitrogen and oxygen atoms in total. The molecule has 0 aromatic carbocycles. The number of esters is 1. The Bertz CT molecular complexity index is 858. The molecule has 182 valence electrons. The van der Waals surface area contributed by atoms with E-state index in [4.69, 9.17) is 9.47 Å². The highest BCUT2D eigenvalue weighted by molar-refractivity contribution is 7.85. The van der Waals surface area contributed by atoms with Crippen LogP contribution in [0, 0.1) is 35.0 Å². The fourth-order valence-corrected chi connectivity index (χ4v) is 6.92. The van der Waals surface area contributed by atoms with E-state index < -0.39 is 39.2 Å². The van der Waals surface area contributed by atoms with Crippen LogP contribution in [0.15, 0.2) is 0 Å². The topological polar surface area (TPSA) is 116 Å². The van der Waals surface area contributed by atoms with E-state index in [0.29, 0.717) is 23.3 Å². The molecule has 1 aliphatic heterocycles. The minimum Gasteiger partial charge on any atom is -0.469 e. The van der Waals surface area contributed by atoms with Gasteiger partial charge in [-0.25, -0.2) is 0 Å². The fraction of sp³-hybridized carbons (Fsp3) is 0.864. The quantitative estimate of drug-likeness (QED) is 0.441. The van der Waals surface area contributed by atoms with Gasteiger partial charge < -0.3 is 9.47 Å². The highest BCUT2D eigenvalue weighted by Gasteiger charge is 2.60. The van der Waals surface area contributed by atoms with Gasteiger partial charge in [0.05, 0.1) is 36.7 Å². The van der Waals surface area contributed by atoms with E-state index in [1.807, 2.05) is 13.8 Å². The van der Waals surface area contributed by atoms with Gasteiger partial charge in [-0.05, 0) is 56.8 Å². The van der Waals surface area contributed by atoms with Gasteiger partial charge in [0.1, 0.15) is 0 Å². The maximum Gasteiger partial charge on any atom is 0.314 e. The van der Waals surface area contributed by atoms with Crippen molar-refractivity contribution in [1.29, 1.82) is 0 Å². The van der Waals surface area contributed by atoms with Crippen LogP contribution in [-0.4, -0.2) is 57.8 Å². The monoisotopic (exact) mass is 473 g/mol. The second-order valence-electron chi connectivity index (χ2n) is 9.68. The molecule has 3 aliphatic carbocycles. The number of ether oxygens (including phenoxy) is 2. The van der Waals surface area contributed by atoms with Crippen molar-refractivity contribution in [2.75, 3.05) is 20.5 Å². The maximum atomic E-state index is 12.1. The van der Waals surface area contributed by atoms with Gasteiger partial charge >= 0.3 is 5.97 Å². The SMILES string of the molecule is CCC1CCCC2C(=O)N(OS(C)(=O)=O)C(=O)C12.COC(=O)C1(C)C2CCC(C2)C1OC. The number of hydrogen-bond donors (Lipinski definition) is 0. The summed E-state index contributed by atoms with van der Waals surface area (Å²) in [5.41, 5.74) is -0.396. The van der Waals surface area contributed by atoms with Crippen molar-refractivity contribution in [3.05, 3.63) is 0 Å². The number of hydrogen-bond acceptors (Lipinski definition) is 8. The van der Waals surface area contributed by atoms with Gasteiger partial charge in [-0.3, -0.25) is 14.4 Å². The van der Waals surface area contributed by atoms with Crippen LogP contribution in [0.3, 0.4) is 0 Å². The fourth-order valence-electron chi connectivity index (χ4n) is 6.50. The van der Waals surface area contributed by atoms with Gasteiger partial charge in [-0.2, -0.15) is 8.42 Å². The van der Waals surface area contributed by atoms with Gasteiger partial charge in [0.15, 0.2) is 0 Å². The lowest BCUT2D eigenvalue weighted by Crippen LogP contribution is -2.46. The van der Waals surface area contributed by atoms with Crippen molar-refractivity contribution in [3.8, 4) is 0 Å². The van der Waals surface area contributed by atoms with Crippen LogP contribution in [0.1, 0.15) is 58.8 Å². The zero-order valence-electron chi connectivity index (χ0n) is 19.5. The third-order valence-electron chi connectivity index (χ3n) is 7.99. The molecule has 7 unspecified atom stereocenters. The number of carbonyl (C=O) groups is 3. The van der Waals surface area contributed by atoms with Crippen LogP contribution < -0.4 is 0 Å². The molecule has 4 rings (SSSR count). The van der Waals surface area contributed by atoms with Gasteiger partial charge in [0, 0.05) is 7.11 Å². The minimum absolute atomic E-state index is 0.0636. The molecule has 3 saturated carbocycles. The first-order valence-electron chi connectivity index (χ1n) is 11.4. The summed E-state index contributed by atoms with van der Waals surface area (Å²) in [5.74, 6) is -0.740. The number of fused-ring (bicyclic) bond motifs is 3. The van der Waals surface area contributed by atoms with E-state index in [1.54, 1.807) is 7.11 Å². The van der Waals surface area contributed by atoms with Crippen molar-refractivity contribution >= 4 is 27.9 Å². The lowest BCUT2D eigenvalue weighted by molar-refractivity contribution is -0.166. The molecule has 0 aromatic heterocycles. The summed E-state index contributed by atoms with van der Waals surface area (Å²) >= 11 is 0. The van der Waals surface area contributed by atoms with E-state index in [-0.39, 0.29) is 18.0 Å². The summed E-state index contributed by atoms with van der Waals surface area (Å²) in [6, 6.07) is 0. The lowest BCUT2D eigenvalue weighted by atomic mass is 9.72. The van der Waals surface area contributed by atoms with Crippen molar-refractivity contribution in [3.63, 3.8) is 0 Å². The normalized spacial score (nSPS) is 38.3. The molecule has 7 atom stereocenters. The van der Waals surface area contributed by atoms with Crippen LogP contribution >= 0.6 is 0 Å². The van der Waals surface area contributed by atoms with Crippen molar-refractivity contribution in [1.82, 2.24) is 5.06 Å². The highest BCUT2D eigenvalue weighted by atomic mass is 32.2. The van der Waals surface area contributed by atoms with Gasteiger partial charge in [0.2, 0.25) is 0 Å². The van der Waals surface area contributed by atoms with Crippen LogP contribution in [0.4, 0.5) is 0 Å². The molecular weight excluding hydrogens is 438 g/mol. The van der Waals surface area contributed by atoms with Crippen molar-refractivity contribution < 1.29 is 36.6 Å². The number of amides is 2. The predicted molar refractivity (Wildman–Crippen MR) is 114 cm³/mol. The van der Waals surface area contributed by atoms with E-state index in [2.05, 4.69) is 4.28 Å². The molecule has 0 radical (unpaired) electrons. The summed E-state index contributed by atoms with van der Waals surface area (Å²) in [6.45, 7) is 3.97. The Morgan fingerprint density at radius 3 is 2.38 bits per heavy atom. The number of nitrogens with zero attached hydrogens (tertiary/aromatic N) is 1. The number of carbonyl (C=O) groups excluding carboxylic acids is 3. The molecule has 1 saturated heterocycles. The summed E-state index contributed by atoms with van der Waals surface area (Å²) in [6.07, 6.45) is 7.62. The Balaban J connectivity index is 0.000000186. The Hall–Kier alpha value is -1.52.